The molecule has 122 valence electrons. The monoisotopic (exact) mass is 310 g/mol. The maximum atomic E-state index is 11.7. The fourth-order valence-electron chi connectivity index (χ4n) is 2.06. The van der Waals surface area contributed by atoms with Gasteiger partial charge in [0.1, 0.15) is 6.10 Å². The van der Waals surface area contributed by atoms with E-state index in [0.29, 0.717) is 12.0 Å². The van der Waals surface area contributed by atoms with Gasteiger partial charge in [-0.25, -0.2) is 0 Å². The topological polar surface area (TPSA) is 113 Å². The quantitative estimate of drug-likeness (QED) is 0.365. The van der Waals surface area contributed by atoms with E-state index in [2.05, 4.69) is 5.32 Å². The first-order chi connectivity index (χ1) is 10.5. The standard InChI is InChI=1S/C15H22N2O5/c1-2-3-4-5-14(19)16-13(10-18)15(20)11-6-8-12(9-7-11)17(21)22/h6-9,13,15,18,20H,2-5,10H2,1H3,(H,16,19)/t13-,15+/m0/s1. The normalized spacial score (nSPS) is 13.4. The molecule has 0 saturated carbocycles. The highest BCUT2D eigenvalue weighted by Gasteiger charge is 2.22. The van der Waals surface area contributed by atoms with Crippen LogP contribution in [0.4, 0.5) is 5.69 Å². The largest absolute Gasteiger partial charge is 0.394 e. The van der Waals surface area contributed by atoms with E-state index in [9.17, 15) is 25.1 Å². The van der Waals surface area contributed by atoms with Crippen LogP contribution in [0.1, 0.15) is 44.3 Å². The number of aliphatic hydroxyl groups excluding tert-OH is 2. The summed E-state index contributed by atoms with van der Waals surface area (Å²) in [5, 5.41) is 32.7. The molecule has 0 aliphatic carbocycles. The molecule has 7 nitrogen and oxygen atoms in total. The lowest BCUT2D eigenvalue weighted by Crippen LogP contribution is -2.41. The summed E-state index contributed by atoms with van der Waals surface area (Å²) in [6.07, 6.45) is 1.93. The fourth-order valence-corrected chi connectivity index (χ4v) is 2.06. The molecule has 2 atom stereocenters. The number of nitro benzene ring substituents is 1. The number of unbranched alkanes of at least 4 members (excludes halogenated alkanes) is 2. The molecule has 1 aromatic rings. The lowest BCUT2D eigenvalue weighted by Gasteiger charge is -2.22. The Morgan fingerprint density at radius 2 is 1.95 bits per heavy atom. The fraction of sp³-hybridized carbons (Fsp3) is 0.533. The van der Waals surface area contributed by atoms with E-state index in [-0.39, 0.29) is 11.6 Å². The van der Waals surface area contributed by atoms with Crippen molar-refractivity contribution in [2.75, 3.05) is 6.61 Å². The number of nitro groups is 1. The van der Waals surface area contributed by atoms with E-state index >= 15 is 0 Å². The lowest BCUT2D eigenvalue weighted by molar-refractivity contribution is -0.384. The van der Waals surface area contributed by atoms with Crippen molar-refractivity contribution < 1.29 is 19.9 Å². The van der Waals surface area contributed by atoms with Gasteiger partial charge >= 0.3 is 0 Å². The second-order valence-corrected chi connectivity index (χ2v) is 5.11. The number of non-ortho nitro benzene ring substituents is 1. The van der Waals surface area contributed by atoms with Gasteiger partial charge in [-0.2, -0.15) is 0 Å². The number of hydrogen-bond acceptors (Lipinski definition) is 5. The van der Waals surface area contributed by atoms with Gasteiger partial charge in [-0.3, -0.25) is 14.9 Å². The molecular formula is C15H22N2O5. The Bertz CT molecular complexity index is 489. The Hall–Kier alpha value is -1.99. The SMILES string of the molecule is CCCCCC(=O)N[C@@H](CO)[C@H](O)c1ccc([N+](=O)[O-])cc1. The number of benzene rings is 1. The van der Waals surface area contributed by atoms with Crippen LogP contribution in [0.5, 0.6) is 0 Å². The number of amides is 1. The number of nitrogens with zero attached hydrogens (tertiary/aromatic N) is 1. The summed E-state index contributed by atoms with van der Waals surface area (Å²) in [7, 11) is 0. The molecule has 0 unspecified atom stereocenters. The zero-order chi connectivity index (χ0) is 16.5. The summed E-state index contributed by atoms with van der Waals surface area (Å²) in [6, 6.07) is 4.53. The summed E-state index contributed by atoms with van der Waals surface area (Å²) in [5.74, 6) is -0.228. The predicted molar refractivity (Wildman–Crippen MR) is 81.2 cm³/mol. The van der Waals surface area contributed by atoms with Crippen LogP contribution in [-0.2, 0) is 4.79 Å². The summed E-state index contributed by atoms with van der Waals surface area (Å²) in [5.41, 5.74) is 0.318. The zero-order valence-electron chi connectivity index (χ0n) is 12.6. The first-order valence-corrected chi connectivity index (χ1v) is 7.32. The van der Waals surface area contributed by atoms with Crippen LogP contribution in [-0.4, -0.2) is 33.7 Å². The predicted octanol–water partition coefficient (Wildman–Crippen LogP) is 1.69. The molecule has 0 aliphatic rings. The van der Waals surface area contributed by atoms with Gasteiger partial charge in [-0.15, -0.1) is 0 Å². The molecule has 1 rings (SSSR count). The second-order valence-electron chi connectivity index (χ2n) is 5.11. The molecule has 0 bridgehead atoms. The van der Waals surface area contributed by atoms with Crippen molar-refractivity contribution in [2.24, 2.45) is 0 Å². The molecule has 0 saturated heterocycles. The van der Waals surface area contributed by atoms with Gasteiger partial charge in [0.2, 0.25) is 5.91 Å². The van der Waals surface area contributed by atoms with Crippen molar-refractivity contribution in [3.05, 3.63) is 39.9 Å². The average molecular weight is 310 g/mol. The summed E-state index contributed by atoms with van der Waals surface area (Å²) in [6.45, 7) is 1.62. The minimum atomic E-state index is -1.12. The second kappa shape index (κ2) is 9.11. The van der Waals surface area contributed by atoms with Gasteiger partial charge in [-0.05, 0) is 24.1 Å². The first kappa shape index (κ1) is 18.1. The van der Waals surface area contributed by atoms with Crippen molar-refractivity contribution in [1.29, 1.82) is 0 Å². The van der Waals surface area contributed by atoms with Crippen molar-refractivity contribution in [3.63, 3.8) is 0 Å². The molecule has 7 heteroatoms. The van der Waals surface area contributed by atoms with Gasteiger partial charge in [-0.1, -0.05) is 19.8 Å². The lowest BCUT2D eigenvalue weighted by atomic mass is 10.0. The Labute approximate surface area is 129 Å². The third-order valence-corrected chi connectivity index (χ3v) is 3.38. The van der Waals surface area contributed by atoms with E-state index < -0.39 is 23.7 Å². The van der Waals surface area contributed by atoms with Gasteiger partial charge in [0, 0.05) is 18.6 Å². The Morgan fingerprint density at radius 3 is 2.45 bits per heavy atom. The minimum absolute atomic E-state index is 0.0832. The van der Waals surface area contributed by atoms with Gasteiger partial charge in [0.15, 0.2) is 0 Å². The van der Waals surface area contributed by atoms with Crippen LogP contribution >= 0.6 is 0 Å². The van der Waals surface area contributed by atoms with E-state index in [1.54, 1.807) is 0 Å². The number of hydrogen-bond donors (Lipinski definition) is 3. The Balaban J connectivity index is 2.65. The molecule has 0 radical (unpaired) electrons. The van der Waals surface area contributed by atoms with Crippen LogP contribution in [0, 0.1) is 10.1 Å². The minimum Gasteiger partial charge on any atom is -0.394 e. The van der Waals surface area contributed by atoms with Crippen molar-refractivity contribution in [1.82, 2.24) is 5.32 Å². The summed E-state index contributed by atoms with van der Waals surface area (Å²) >= 11 is 0. The van der Waals surface area contributed by atoms with Gasteiger partial charge in [0.05, 0.1) is 17.6 Å². The number of aliphatic hydroxyl groups is 2. The summed E-state index contributed by atoms with van der Waals surface area (Å²) in [4.78, 5) is 21.8. The Morgan fingerprint density at radius 1 is 1.32 bits per heavy atom. The molecule has 0 fully saturated rings. The molecule has 0 aliphatic heterocycles. The maximum absolute atomic E-state index is 11.7. The van der Waals surface area contributed by atoms with Crippen molar-refractivity contribution in [2.45, 2.75) is 44.8 Å². The van der Waals surface area contributed by atoms with Gasteiger partial charge in [0.25, 0.3) is 5.69 Å². The van der Waals surface area contributed by atoms with Crippen LogP contribution in [0.2, 0.25) is 0 Å². The van der Waals surface area contributed by atoms with Gasteiger partial charge < -0.3 is 15.5 Å². The smallest absolute Gasteiger partial charge is 0.269 e. The first-order valence-electron chi connectivity index (χ1n) is 7.32. The highest BCUT2D eigenvalue weighted by molar-refractivity contribution is 5.76. The van der Waals surface area contributed by atoms with Crippen molar-refractivity contribution in [3.8, 4) is 0 Å². The van der Waals surface area contributed by atoms with Crippen molar-refractivity contribution >= 4 is 11.6 Å². The van der Waals surface area contributed by atoms with E-state index in [1.807, 2.05) is 6.92 Å². The highest BCUT2D eigenvalue weighted by Crippen LogP contribution is 2.20. The summed E-state index contributed by atoms with van der Waals surface area (Å²) < 4.78 is 0. The third kappa shape index (κ3) is 5.42. The average Bonchev–Trinajstić information content (AvgIpc) is 2.52. The molecule has 0 aromatic heterocycles. The van der Waals surface area contributed by atoms with Crippen LogP contribution in [0.3, 0.4) is 0 Å². The molecular weight excluding hydrogens is 288 g/mol. The molecule has 0 heterocycles. The van der Waals surface area contributed by atoms with E-state index in [1.165, 1.54) is 24.3 Å². The van der Waals surface area contributed by atoms with E-state index in [4.69, 9.17) is 0 Å². The van der Waals surface area contributed by atoms with Crippen LogP contribution < -0.4 is 5.32 Å². The van der Waals surface area contributed by atoms with E-state index in [0.717, 1.165) is 19.3 Å². The highest BCUT2D eigenvalue weighted by atomic mass is 16.6. The van der Waals surface area contributed by atoms with Crippen LogP contribution in [0.15, 0.2) is 24.3 Å². The molecule has 1 aromatic carbocycles. The number of carbonyl (C=O) groups excluding carboxylic acids is 1. The number of rotatable bonds is 9. The molecule has 22 heavy (non-hydrogen) atoms. The molecule has 0 spiro atoms. The van der Waals surface area contributed by atoms with Crippen LogP contribution in [0.25, 0.3) is 0 Å². The zero-order valence-corrected chi connectivity index (χ0v) is 12.6. The number of nitrogens with one attached hydrogen (secondary N) is 1. The Kier molecular flexibility index (Phi) is 7.48. The molecule has 3 N–H and O–H groups in total. The maximum Gasteiger partial charge on any atom is 0.269 e. The third-order valence-electron chi connectivity index (χ3n) is 3.38. The number of carbonyl (C=O) groups is 1. The molecule has 1 amide bonds.